The van der Waals surface area contributed by atoms with Crippen LogP contribution in [0.4, 0.5) is 5.69 Å². The van der Waals surface area contributed by atoms with Crippen LogP contribution in [-0.4, -0.2) is 31.6 Å². The predicted molar refractivity (Wildman–Crippen MR) is 83.6 cm³/mol. The molecule has 5 heteroatoms. The van der Waals surface area contributed by atoms with Gasteiger partial charge in [-0.15, -0.1) is 0 Å². The molecule has 0 atom stereocenters. The highest BCUT2D eigenvalue weighted by atomic mass is 16.5. The van der Waals surface area contributed by atoms with Crippen molar-refractivity contribution in [2.75, 3.05) is 19.0 Å². The standard InChI is InChI=1S/C17H22N2O3/c1-22-17(21)13-3-2-4-14(9-13)18-10-15(20)19-16(11-5-6-11)12-7-8-12/h2-4,9,11-12,16,18H,5-8,10H2,1H3,(H,19,20). The summed E-state index contributed by atoms with van der Waals surface area (Å²) < 4.78 is 4.69. The van der Waals surface area contributed by atoms with Crippen molar-refractivity contribution in [3.05, 3.63) is 29.8 Å². The summed E-state index contributed by atoms with van der Waals surface area (Å²) in [5.41, 5.74) is 1.22. The van der Waals surface area contributed by atoms with E-state index >= 15 is 0 Å². The van der Waals surface area contributed by atoms with Crippen LogP contribution >= 0.6 is 0 Å². The number of nitrogens with one attached hydrogen (secondary N) is 2. The quantitative estimate of drug-likeness (QED) is 0.758. The number of hydrogen-bond acceptors (Lipinski definition) is 4. The average molecular weight is 302 g/mol. The molecule has 5 nitrogen and oxygen atoms in total. The van der Waals surface area contributed by atoms with Crippen LogP contribution in [0.1, 0.15) is 36.0 Å². The number of ether oxygens (including phenoxy) is 1. The molecule has 3 rings (SSSR count). The third-order valence-corrected chi connectivity index (χ3v) is 4.32. The van der Waals surface area contributed by atoms with Crippen LogP contribution in [0.3, 0.4) is 0 Å². The van der Waals surface area contributed by atoms with Crippen LogP contribution in [-0.2, 0) is 9.53 Å². The van der Waals surface area contributed by atoms with Crippen molar-refractivity contribution >= 4 is 17.6 Å². The maximum Gasteiger partial charge on any atom is 0.337 e. The lowest BCUT2D eigenvalue weighted by molar-refractivity contribution is -0.120. The molecule has 1 aromatic carbocycles. The van der Waals surface area contributed by atoms with Crippen LogP contribution in [0, 0.1) is 11.8 Å². The van der Waals surface area contributed by atoms with E-state index in [0.29, 0.717) is 23.4 Å². The minimum atomic E-state index is -0.379. The Kier molecular flexibility index (Phi) is 4.32. The Morgan fingerprint density at radius 2 is 1.91 bits per heavy atom. The number of amides is 1. The predicted octanol–water partition coefficient (Wildman–Crippen LogP) is 2.19. The van der Waals surface area contributed by atoms with E-state index in [1.165, 1.54) is 32.8 Å². The van der Waals surface area contributed by atoms with Gasteiger partial charge in [-0.25, -0.2) is 4.79 Å². The van der Waals surface area contributed by atoms with Crippen molar-refractivity contribution in [1.29, 1.82) is 0 Å². The number of hydrogen-bond donors (Lipinski definition) is 2. The summed E-state index contributed by atoms with van der Waals surface area (Å²) in [6, 6.07) is 7.35. The van der Waals surface area contributed by atoms with Crippen molar-refractivity contribution in [3.63, 3.8) is 0 Å². The molecular formula is C17H22N2O3. The molecule has 0 spiro atoms. The third-order valence-electron chi connectivity index (χ3n) is 4.32. The van der Waals surface area contributed by atoms with Gasteiger partial charge >= 0.3 is 5.97 Å². The second-order valence-electron chi connectivity index (χ2n) is 6.19. The van der Waals surface area contributed by atoms with Gasteiger partial charge < -0.3 is 15.4 Å². The Balaban J connectivity index is 1.51. The van der Waals surface area contributed by atoms with Crippen LogP contribution in [0.2, 0.25) is 0 Å². The van der Waals surface area contributed by atoms with E-state index in [1.807, 2.05) is 6.07 Å². The Morgan fingerprint density at radius 1 is 1.23 bits per heavy atom. The summed E-state index contributed by atoms with van der Waals surface area (Å²) >= 11 is 0. The van der Waals surface area contributed by atoms with Gasteiger partial charge in [-0.05, 0) is 55.7 Å². The minimum absolute atomic E-state index is 0.0206. The number of esters is 1. The zero-order valence-corrected chi connectivity index (χ0v) is 12.8. The van der Waals surface area contributed by atoms with E-state index in [1.54, 1.807) is 18.2 Å². The third kappa shape index (κ3) is 3.78. The van der Waals surface area contributed by atoms with Crippen molar-refractivity contribution in [3.8, 4) is 0 Å². The van der Waals surface area contributed by atoms with Gasteiger partial charge in [0.05, 0.1) is 19.2 Å². The summed E-state index contributed by atoms with van der Waals surface area (Å²) in [5.74, 6) is 1.03. The van der Waals surface area contributed by atoms with Gasteiger partial charge in [0.1, 0.15) is 0 Å². The summed E-state index contributed by atoms with van der Waals surface area (Å²) in [7, 11) is 1.35. The van der Waals surface area contributed by atoms with Crippen molar-refractivity contribution in [2.24, 2.45) is 11.8 Å². The molecule has 1 amide bonds. The van der Waals surface area contributed by atoms with Crippen molar-refractivity contribution in [1.82, 2.24) is 5.32 Å². The van der Waals surface area contributed by atoms with Crippen LogP contribution in [0.25, 0.3) is 0 Å². The second kappa shape index (κ2) is 6.38. The molecule has 2 N–H and O–H groups in total. The number of anilines is 1. The Hall–Kier alpha value is -2.04. The van der Waals surface area contributed by atoms with E-state index in [0.717, 1.165) is 5.69 Å². The van der Waals surface area contributed by atoms with E-state index in [-0.39, 0.29) is 18.4 Å². The first-order valence-electron chi connectivity index (χ1n) is 7.89. The molecule has 0 aromatic heterocycles. The number of benzene rings is 1. The molecule has 2 aliphatic carbocycles. The van der Waals surface area contributed by atoms with Crippen molar-refractivity contribution < 1.29 is 14.3 Å². The Labute approximate surface area is 130 Å². The summed E-state index contributed by atoms with van der Waals surface area (Å²) in [5, 5.41) is 6.23. The molecule has 22 heavy (non-hydrogen) atoms. The van der Waals surface area contributed by atoms with E-state index in [9.17, 15) is 9.59 Å². The first-order chi connectivity index (χ1) is 10.7. The van der Waals surface area contributed by atoms with E-state index < -0.39 is 0 Å². The van der Waals surface area contributed by atoms with Crippen LogP contribution in [0.5, 0.6) is 0 Å². The van der Waals surface area contributed by atoms with Gasteiger partial charge in [0.25, 0.3) is 0 Å². The zero-order valence-electron chi connectivity index (χ0n) is 12.8. The molecule has 0 aliphatic heterocycles. The minimum Gasteiger partial charge on any atom is -0.465 e. The molecule has 2 aliphatic rings. The van der Waals surface area contributed by atoms with Crippen LogP contribution < -0.4 is 10.6 Å². The number of methoxy groups -OCH3 is 1. The van der Waals surface area contributed by atoms with Gasteiger partial charge in [-0.3, -0.25) is 4.79 Å². The normalized spacial score (nSPS) is 17.2. The molecule has 2 fully saturated rings. The lowest BCUT2D eigenvalue weighted by Crippen LogP contribution is -2.41. The first kappa shape index (κ1) is 14.9. The highest BCUT2D eigenvalue weighted by Gasteiger charge is 2.42. The highest BCUT2D eigenvalue weighted by Crippen LogP contribution is 2.44. The maximum absolute atomic E-state index is 12.1. The van der Waals surface area contributed by atoms with E-state index in [4.69, 9.17) is 4.74 Å². The van der Waals surface area contributed by atoms with Gasteiger partial charge in [-0.1, -0.05) is 6.07 Å². The molecular weight excluding hydrogens is 280 g/mol. The van der Waals surface area contributed by atoms with Gasteiger partial charge in [0, 0.05) is 11.7 Å². The Bertz CT molecular complexity index is 553. The molecule has 118 valence electrons. The zero-order chi connectivity index (χ0) is 15.5. The SMILES string of the molecule is COC(=O)c1cccc(NCC(=O)NC(C2CC2)C2CC2)c1. The maximum atomic E-state index is 12.1. The monoisotopic (exact) mass is 302 g/mol. The average Bonchev–Trinajstić information content (AvgIpc) is 3.42. The molecule has 0 radical (unpaired) electrons. The molecule has 2 saturated carbocycles. The van der Waals surface area contributed by atoms with Gasteiger partial charge in [-0.2, -0.15) is 0 Å². The largest absolute Gasteiger partial charge is 0.465 e. The number of carbonyl (C=O) groups excluding carboxylic acids is 2. The molecule has 0 saturated heterocycles. The molecule has 0 heterocycles. The lowest BCUT2D eigenvalue weighted by Gasteiger charge is -2.18. The summed E-state index contributed by atoms with van der Waals surface area (Å²) in [6.45, 7) is 0.223. The fourth-order valence-electron chi connectivity index (χ4n) is 2.82. The second-order valence-corrected chi connectivity index (χ2v) is 6.19. The first-order valence-corrected chi connectivity index (χ1v) is 7.89. The highest BCUT2D eigenvalue weighted by molar-refractivity contribution is 5.90. The van der Waals surface area contributed by atoms with Crippen LogP contribution in [0.15, 0.2) is 24.3 Å². The fraction of sp³-hybridized carbons (Fsp3) is 0.529. The number of carbonyl (C=O) groups is 2. The summed E-state index contributed by atoms with van der Waals surface area (Å²) in [4.78, 5) is 23.6. The fourth-order valence-corrected chi connectivity index (χ4v) is 2.82. The molecule has 0 unspecified atom stereocenters. The van der Waals surface area contributed by atoms with Gasteiger partial charge in [0.15, 0.2) is 0 Å². The van der Waals surface area contributed by atoms with Gasteiger partial charge in [0.2, 0.25) is 5.91 Å². The smallest absolute Gasteiger partial charge is 0.337 e. The lowest BCUT2D eigenvalue weighted by atomic mass is 10.1. The van der Waals surface area contributed by atoms with Crippen molar-refractivity contribution in [2.45, 2.75) is 31.7 Å². The number of rotatable bonds is 7. The summed E-state index contributed by atoms with van der Waals surface area (Å²) in [6.07, 6.45) is 4.98. The Morgan fingerprint density at radius 3 is 2.50 bits per heavy atom. The molecule has 1 aromatic rings. The molecule has 0 bridgehead atoms. The van der Waals surface area contributed by atoms with E-state index in [2.05, 4.69) is 10.6 Å². The topological polar surface area (TPSA) is 67.4 Å².